The largest absolute Gasteiger partial charge is 0.287 e. The Morgan fingerprint density at radius 3 is 1.96 bits per heavy atom. The van der Waals surface area contributed by atoms with E-state index in [-0.39, 0.29) is 11.3 Å². The van der Waals surface area contributed by atoms with Crippen LogP contribution in [0.5, 0.6) is 0 Å². The molecule has 0 unspecified atom stereocenters. The van der Waals surface area contributed by atoms with Crippen molar-refractivity contribution in [3.05, 3.63) is 124 Å². The van der Waals surface area contributed by atoms with Crippen molar-refractivity contribution in [3.63, 3.8) is 0 Å². The summed E-state index contributed by atoms with van der Waals surface area (Å²) in [6, 6.07) is 28.7. The molecule has 0 saturated carbocycles. The minimum atomic E-state index is -0.275. The molecule has 0 spiro atoms. The van der Waals surface area contributed by atoms with Crippen LogP contribution in [-0.4, -0.2) is 10.4 Å². The minimum absolute atomic E-state index is 0.217. The van der Waals surface area contributed by atoms with Gasteiger partial charge in [-0.05, 0) is 41.5 Å². The summed E-state index contributed by atoms with van der Waals surface area (Å²) in [5.74, 6) is -0.217. The lowest BCUT2D eigenvalue weighted by molar-refractivity contribution is 0.103. The molecule has 4 aromatic rings. The van der Waals surface area contributed by atoms with Crippen molar-refractivity contribution < 1.29 is 4.79 Å². The maximum atomic E-state index is 13.3. The van der Waals surface area contributed by atoms with E-state index >= 15 is 0 Å². The summed E-state index contributed by atoms with van der Waals surface area (Å²) in [5.41, 5.74) is 2.73. The Balaban J connectivity index is 1.96. The predicted octanol–water partition coefficient (Wildman–Crippen LogP) is 5.39. The summed E-state index contributed by atoms with van der Waals surface area (Å²) in [6.45, 7) is 0. The van der Waals surface area contributed by atoms with E-state index in [4.69, 9.17) is 11.6 Å². The van der Waals surface area contributed by atoms with Gasteiger partial charge in [0.1, 0.15) is 0 Å². The van der Waals surface area contributed by atoms with Gasteiger partial charge in [-0.2, -0.15) is 0 Å². The van der Waals surface area contributed by atoms with Crippen LogP contribution >= 0.6 is 11.6 Å². The molecule has 3 aromatic carbocycles. The molecule has 136 valence electrons. The fourth-order valence-electron chi connectivity index (χ4n) is 3.13. The lowest BCUT2D eigenvalue weighted by Crippen LogP contribution is -2.24. The number of halogens is 1. The third-order valence-electron chi connectivity index (χ3n) is 4.49. The van der Waals surface area contributed by atoms with Crippen LogP contribution in [0.15, 0.2) is 102 Å². The van der Waals surface area contributed by atoms with Crippen molar-refractivity contribution in [2.24, 2.45) is 0 Å². The van der Waals surface area contributed by atoms with Gasteiger partial charge in [0, 0.05) is 22.3 Å². The average molecular weight is 386 g/mol. The first-order valence-electron chi connectivity index (χ1n) is 8.82. The normalized spacial score (nSPS) is 10.6. The Hall–Kier alpha value is -3.43. The quantitative estimate of drug-likeness (QED) is 0.442. The van der Waals surface area contributed by atoms with Crippen molar-refractivity contribution in [2.75, 3.05) is 0 Å². The minimum Gasteiger partial charge on any atom is -0.287 e. The van der Waals surface area contributed by atoms with E-state index in [0.29, 0.717) is 27.5 Å². The van der Waals surface area contributed by atoms with Crippen LogP contribution in [0.4, 0.5) is 0 Å². The van der Waals surface area contributed by atoms with Crippen LogP contribution in [0.2, 0.25) is 5.02 Å². The molecule has 0 radical (unpaired) electrons. The van der Waals surface area contributed by atoms with Crippen molar-refractivity contribution in [3.8, 4) is 16.8 Å². The van der Waals surface area contributed by atoms with E-state index in [1.165, 1.54) is 4.57 Å². The third-order valence-corrected chi connectivity index (χ3v) is 4.75. The van der Waals surface area contributed by atoms with Gasteiger partial charge in [0.05, 0.1) is 5.69 Å². The van der Waals surface area contributed by atoms with Crippen LogP contribution < -0.4 is 5.56 Å². The highest BCUT2D eigenvalue weighted by Crippen LogP contribution is 2.22. The first-order valence-corrected chi connectivity index (χ1v) is 9.19. The summed E-state index contributed by atoms with van der Waals surface area (Å²) in [5, 5.41) is 0.564. The van der Waals surface area contributed by atoms with Crippen LogP contribution in [0.1, 0.15) is 16.1 Å². The number of benzene rings is 3. The van der Waals surface area contributed by atoms with E-state index in [1.54, 1.807) is 60.7 Å². The molecule has 4 rings (SSSR count). The van der Waals surface area contributed by atoms with Gasteiger partial charge in [-0.15, -0.1) is 0 Å². The molecule has 4 heteroatoms. The van der Waals surface area contributed by atoms with Gasteiger partial charge in [0.15, 0.2) is 0 Å². The van der Waals surface area contributed by atoms with Crippen LogP contribution in [-0.2, 0) is 0 Å². The van der Waals surface area contributed by atoms with Crippen molar-refractivity contribution in [1.29, 1.82) is 0 Å². The molecule has 0 bridgehead atoms. The fourth-order valence-corrected chi connectivity index (χ4v) is 3.25. The first-order chi connectivity index (χ1) is 13.6. The second kappa shape index (κ2) is 7.67. The summed E-state index contributed by atoms with van der Waals surface area (Å²) in [4.78, 5) is 26.3. The Labute approximate surface area is 167 Å². The first kappa shape index (κ1) is 18.0. The topological polar surface area (TPSA) is 39.1 Å². The number of hydrogen-bond acceptors (Lipinski definition) is 2. The van der Waals surface area contributed by atoms with Crippen LogP contribution in [0, 0.1) is 0 Å². The standard InChI is InChI=1S/C24H16ClNO2/c25-20-11-13-21(14-12-20)26-22(24(28)18-9-5-2-6-10-18)15-19(16-23(26)27)17-7-3-1-4-8-17/h1-16H. The van der Waals surface area contributed by atoms with Gasteiger partial charge in [-0.25, -0.2) is 0 Å². The number of carbonyl (C=O) groups excluding carboxylic acids is 1. The highest BCUT2D eigenvalue weighted by Gasteiger charge is 2.18. The maximum Gasteiger partial charge on any atom is 0.256 e. The van der Waals surface area contributed by atoms with E-state index in [2.05, 4.69) is 0 Å². The number of nitrogens with zero attached hydrogens (tertiary/aromatic N) is 1. The second-order valence-corrected chi connectivity index (χ2v) is 6.78. The molecular weight excluding hydrogens is 370 g/mol. The number of rotatable bonds is 4. The maximum absolute atomic E-state index is 13.3. The third kappa shape index (κ3) is 3.53. The Kier molecular flexibility index (Phi) is 4.92. The lowest BCUT2D eigenvalue weighted by Gasteiger charge is -2.14. The van der Waals surface area contributed by atoms with Gasteiger partial charge >= 0.3 is 0 Å². The molecule has 3 nitrogen and oxygen atoms in total. The number of hydrogen-bond donors (Lipinski definition) is 0. The Morgan fingerprint density at radius 2 is 1.32 bits per heavy atom. The van der Waals surface area contributed by atoms with Crippen molar-refractivity contribution in [2.45, 2.75) is 0 Å². The molecule has 0 amide bonds. The molecule has 0 N–H and O–H groups in total. The van der Waals surface area contributed by atoms with E-state index < -0.39 is 0 Å². The Bertz CT molecular complexity index is 1180. The van der Waals surface area contributed by atoms with E-state index in [1.807, 2.05) is 36.4 Å². The van der Waals surface area contributed by atoms with Crippen molar-refractivity contribution >= 4 is 17.4 Å². The summed E-state index contributed by atoms with van der Waals surface area (Å²) >= 11 is 5.99. The number of aromatic nitrogens is 1. The number of ketones is 1. The molecule has 0 atom stereocenters. The monoisotopic (exact) mass is 385 g/mol. The molecule has 1 aromatic heterocycles. The van der Waals surface area contributed by atoms with Crippen LogP contribution in [0.3, 0.4) is 0 Å². The van der Waals surface area contributed by atoms with Gasteiger partial charge in [-0.3, -0.25) is 14.2 Å². The number of carbonyl (C=O) groups is 1. The molecule has 28 heavy (non-hydrogen) atoms. The zero-order chi connectivity index (χ0) is 19.5. The summed E-state index contributed by atoms with van der Waals surface area (Å²) < 4.78 is 1.43. The van der Waals surface area contributed by atoms with Gasteiger partial charge < -0.3 is 0 Å². The fraction of sp³-hybridized carbons (Fsp3) is 0. The van der Waals surface area contributed by atoms with Crippen molar-refractivity contribution in [1.82, 2.24) is 4.57 Å². The zero-order valence-electron chi connectivity index (χ0n) is 14.9. The smallest absolute Gasteiger partial charge is 0.256 e. The lowest BCUT2D eigenvalue weighted by atomic mass is 10.0. The molecule has 0 aliphatic carbocycles. The average Bonchev–Trinajstić information content (AvgIpc) is 2.75. The van der Waals surface area contributed by atoms with E-state index in [9.17, 15) is 9.59 Å². The summed E-state index contributed by atoms with van der Waals surface area (Å²) in [6.07, 6.45) is 0. The SMILES string of the molecule is O=C(c1ccccc1)c1cc(-c2ccccc2)cc(=O)n1-c1ccc(Cl)cc1. The molecular formula is C24H16ClNO2. The molecule has 0 aliphatic heterocycles. The van der Waals surface area contributed by atoms with Gasteiger partial charge in [-0.1, -0.05) is 72.3 Å². The summed E-state index contributed by atoms with van der Waals surface area (Å²) in [7, 11) is 0. The second-order valence-electron chi connectivity index (χ2n) is 6.34. The van der Waals surface area contributed by atoms with Crippen LogP contribution in [0.25, 0.3) is 16.8 Å². The van der Waals surface area contributed by atoms with E-state index in [0.717, 1.165) is 5.56 Å². The Morgan fingerprint density at radius 1 is 0.714 bits per heavy atom. The highest BCUT2D eigenvalue weighted by atomic mass is 35.5. The molecule has 1 heterocycles. The zero-order valence-corrected chi connectivity index (χ0v) is 15.6. The highest BCUT2D eigenvalue weighted by molar-refractivity contribution is 6.30. The molecule has 0 fully saturated rings. The molecule has 0 aliphatic rings. The molecule has 0 saturated heterocycles. The van der Waals surface area contributed by atoms with Gasteiger partial charge in [0.2, 0.25) is 5.78 Å². The van der Waals surface area contributed by atoms with Gasteiger partial charge in [0.25, 0.3) is 5.56 Å². The number of pyridine rings is 1. The predicted molar refractivity (Wildman–Crippen MR) is 112 cm³/mol.